The number of carbonyl (C=O) groups excluding carboxylic acids is 1. The van der Waals surface area contributed by atoms with Crippen LogP contribution in [0.3, 0.4) is 0 Å². The number of carbonyl (C=O) groups is 1. The van der Waals surface area contributed by atoms with Gasteiger partial charge in [0.05, 0.1) is 24.1 Å². The molecule has 0 spiro atoms. The van der Waals surface area contributed by atoms with Gasteiger partial charge in [0.1, 0.15) is 11.5 Å². The van der Waals surface area contributed by atoms with E-state index in [9.17, 15) is 9.18 Å². The zero-order chi connectivity index (χ0) is 15.9. The first-order chi connectivity index (χ1) is 10.5. The van der Waals surface area contributed by atoms with E-state index in [-0.39, 0.29) is 13.0 Å². The van der Waals surface area contributed by atoms with E-state index in [1.807, 2.05) is 11.6 Å². The van der Waals surface area contributed by atoms with E-state index < -0.39 is 5.83 Å². The van der Waals surface area contributed by atoms with E-state index in [4.69, 9.17) is 0 Å². The molecule has 1 aliphatic heterocycles. The van der Waals surface area contributed by atoms with Crippen molar-refractivity contribution in [1.29, 1.82) is 0 Å². The molecule has 3 heterocycles. The van der Waals surface area contributed by atoms with Crippen molar-refractivity contribution in [1.82, 2.24) is 19.7 Å². The average molecular weight is 302 g/mol. The van der Waals surface area contributed by atoms with E-state index in [1.165, 1.54) is 6.08 Å². The number of aryl methyl sites for hydroxylation is 1. The van der Waals surface area contributed by atoms with Crippen molar-refractivity contribution < 1.29 is 10.6 Å². The molecule has 0 unspecified atom stereocenters. The lowest BCUT2D eigenvalue weighted by molar-refractivity contribution is 0.0742. The monoisotopic (exact) mass is 302 g/mol. The predicted molar refractivity (Wildman–Crippen MR) is 84.6 cm³/mol. The number of nitrogens with zero attached hydrogens (tertiary/aromatic N) is 3. The largest absolute Gasteiger partial charge is 0.348 e. The minimum absolute atomic E-state index is 0. The number of amides is 1. The highest BCUT2D eigenvalue weighted by Gasteiger charge is 2.28. The maximum absolute atomic E-state index is 13.4. The smallest absolute Gasteiger partial charge is 0.270 e. The Bertz CT molecular complexity index is 777. The molecular formula is C16H19FN4O. The third-order valence-corrected chi connectivity index (χ3v) is 3.89. The normalized spacial score (nSPS) is 13.3. The Labute approximate surface area is 129 Å². The summed E-state index contributed by atoms with van der Waals surface area (Å²) in [4.78, 5) is 17.1. The maximum atomic E-state index is 13.4. The highest BCUT2D eigenvalue weighted by molar-refractivity contribution is 5.94. The van der Waals surface area contributed by atoms with Gasteiger partial charge in [-0.3, -0.25) is 9.48 Å². The fourth-order valence-corrected chi connectivity index (χ4v) is 2.76. The topological polar surface area (TPSA) is 53.9 Å². The molecule has 0 aliphatic carbocycles. The summed E-state index contributed by atoms with van der Waals surface area (Å²) in [5.41, 5.74) is 3.19. The molecule has 22 heavy (non-hydrogen) atoms. The van der Waals surface area contributed by atoms with Crippen molar-refractivity contribution in [2.45, 2.75) is 26.6 Å². The number of halogens is 1. The summed E-state index contributed by atoms with van der Waals surface area (Å²) in [6, 6.07) is 1.60. The van der Waals surface area contributed by atoms with Gasteiger partial charge in [-0.05, 0) is 13.0 Å². The van der Waals surface area contributed by atoms with Crippen molar-refractivity contribution in [3.63, 3.8) is 0 Å². The number of H-pyrrole nitrogens is 1. The maximum Gasteiger partial charge on any atom is 0.270 e. The zero-order valence-corrected chi connectivity index (χ0v) is 12.4. The first-order valence-electron chi connectivity index (χ1n) is 7.08. The van der Waals surface area contributed by atoms with Gasteiger partial charge in [-0.1, -0.05) is 19.2 Å². The first kappa shape index (κ1) is 14.3. The van der Waals surface area contributed by atoms with Crippen molar-refractivity contribution in [2.24, 2.45) is 0 Å². The Morgan fingerprint density at radius 1 is 1.59 bits per heavy atom. The number of rotatable bonds is 4. The highest BCUT2D eigenvalue weighted by atomic mass is 19.1. The van der Waals surface area contributed by atoms with E-state index in [1.54, 1.807) is 17.2 Å². The number of fused-ring (bicyclic) bond motifs is 1. The number of aromatic amines is 1. The van der Waals surface area contributed by atoms with Gasteiger partial charge in [-0.2, -0.15) is 5.10 Å². The molecule has 3 rings (SSSR count). The van der Waals surface area contributed by atoms with Crippen molar-refractivity contribution >= 4 is 17.8 Å². The summed E-state index contributed by atoms with van der Waals surface area (Å²) >= 11 is 0. The second kappa shape index (κ2) is 5.29. The molecule has 0 aromatic carbocycles. The number of hydrogen-bond acceptors (Lipinski definition) is 2. The number of hydrogen-bond donors (Lipinski definition) is 1. The van der Waals surface area contributed by atoms with Crippen molar-refractivity contribution in [3.05, 3.63) is 53.6 Å². The van der Waals surface area contributed by atoms with Gasteiger partial charge in [0.25, 0.3) is 5.91 Å². The van der Waals surface area contributed by atoms with Crippen LogP contribution in [0.2, 0.25) is 0 Å². The Morgan fingerprint density at radius 3 is 2.95 bits per heavy atom. The lowest BCUT2D eigenvalue weighted by atomic mass is 10.2. The van der Waals surface area contributed by atoms with Gasteiger partial charge in [0.2, 0.25) is 0 Å². The second-order valence-electron chi connectivity index (χ2n) is 5.22. The standard InChI is InChI=1S/C16H17FN4O.H2/c1-4-11-6-13(19-15(11)10(3)17)16(22)20-8-12-7-18-21(5-2)14(12)9-20;/h4,6-7,19H,1,3,5,8-9H2,2H3;1H. The van der Waals surface area contributed by atoms with Crippen LogP contribution in [0.1, 0.15) is 41.4 Å². The molecule has 1 N–H and O–H groups in total. The van der Waals surface area contributed by atoms with Crippen molar-refractivity contribution in [2.75, 3.05) is 0 Å². The molecule has 0 saturated heterocycles. The van der Waals surface area contributed by atoms with Crippen LogP contribution in [0.5, 0.6) is 0 Å². The lowest BCUT2D eigenvalue weighted by Crippen LogP contribution is -2.26. The number of aromatic nitrogens is 3. The van der Waals surface area contributed by atoms with Gasteiger partial charge in [0.15, 0.2) is 0 Å². The van der Waals surface area contributed by atoms with Crippen LogP contribution < -0.4 is 0 Å². The van der Waals surface area contributed by atoms with Crippen LogP contribution >= 0.6 is 0 Å². The summed E-state index contributed by atoms with van der Waals surface area (Å²) < 4.78 is 15.3. The molecule has 0 fully saturated rings. The average Bonchev–Trinajstić information content (AvgIpc) is 3.19. The quantitative estimate of drug-likeness (QED) is 0.943. The Hall–Kier alpha value is -2.63. The fourth-order valence-electron chi connectivity index (χ4n) is 2.76. The first-order valence-corrected chi connectivity index (χ1v) is 7.08. The number of nitrogens with one attached hydrogen (secondary N) is 1. The summed E-state index contributed by atoms with van der Waals surface area (Å²) in [6.45, 7) is 10.7. The second-order valence-corrected chi connectivity index (χ2v) is 5.22. The summed E-state index contributed by atoms with van der Waals surface area (Å²) in [7, 11) is 0. The highest BCUT2D eigenvalue weighted by Crippen LogP contribution is 2.26. The molecule has 1 amide bonds. The van der Waals surface area contributed by atoms with Crippen molar-refractivity contribution in [3.8, 4) is 0 Å². The molecule has 0 bridgehead atoms. The van der Waals surface area contributed by atoms with Gasteiger partial charge in [-0.15, -0.1) is 0 Å². The van der Waals surface area contributed by atoms with E-state index in [0.29, 0.717) is 24.3 Å². The Kier molecular flexibility index (Phi) is 3.44. The summed E-state index contributed by atoms with van der Waals surface area (Å²) in [5.74, 6) is -0.783. The third-order valence-electron chi connectivity index (χ3n) is 3.89. The van der Waals surface area contributed by atoms with Crippen LogP contribution in [0.4, 0.5) is 4.39 Å². The molecule has 0 atom stereocenters. The van der Waals surface area contributed by atoms with E-state index in [0.717, 1.165) is 17.8 Å². The van der Waals surface area contributed by atoms with Gasteiger partial charge < -0.3 is 9.88 Å². The van der Waals surface area contributed by atoms with Crippen LogP contribution in [0, 0.1) is 0 Å². The van der Waals surface area contributed by atoms with E-state index >= 15 is 0 Å². The minimum atomic E-state index is -0.611. The SMILES string of the molecule is C=Cc1cc(C(=O)N2Cc3cnn(CC)c3C2)[nH]c1C(=C)F.[HH]. The molecule has 2 aromatic heterocycles. The van der Waals surface area contributed by atoms with Crippen LogP contribution in [-0.2, 0) is 19.6 Å². The van der Waals surface area contributed by atoms with Crippen LogP contribution in [-0.4, -0.2) is 25.6 Å². The fraction of sp³-hybridized carbons (Fsp3) is 0.250. The molecule has 2 aromatic rings. The molecular weight excluding hydrogens is 283 g/mol. The molecule has 116 valence electrons. The van der Waals surface area contributed by atoms with Gasteiger partial charge >= 0.3 is 0 Å². The third kappa shape index (κ3) is 2.16. The Morgan fingerprint density at radius 2 is 2.36 bits per heavy atom. The molecule has 0 radical (unpaired) electrons. The molecule has 1 aliphatic rings. The molecule has 5 nitrogen and oxygen atoms in total. The molecule has 0 saturated carbocycles. The van der Waals surface area contributed by atoms with Gasteiger partial charge in [-0.25, -0.2) is 4.39 Å². The summed E-state index contributed by atoms with van der Waals surface area (Å²) in [5, 5.41) is 4.27. The Balaban J connectivity index is 0.00000192. The minimum Gasteiger partial charge on any atom is -0.348 e. The van der Waals surface area contributed by atoms with Gasteiger partial charge in [0, 0.05) is 25.6 Å². The van der Waals surface area contributed by atoms with Crippen LogP contribution in [0.15, 0.2) is 25.4 Å². The zero-order valence-electron chi connectivity index (χ0n) is 12.4. The lowest BCUT2D eigenvalue weighted by Gasteiger charge is -2.15. The van der Waals surface area contributed by atoms with E-state index in [2.05, 4.69) is 23.2 Å². The molecule has 6 heteroatoms. The van der Waals surface area contributed by atoms with Crippen LogP contribution in [0.25, 0.3) is 11.9 Å². The predicted octanol–water partition coefficient (Wildman–Crippen LogP) is 3.22. The summed E-state index contributed by atoms with van der Waals surface area (Å²) in [6.07, 6.45) is 3.30.